The SMILES string of the molecule is CC(Nc1ccc(N(C)CCO)cc1)c1cccc([N+](=O)[O-])c1. The normalized spacial score (nSPS) is 11.8. The molecule has 23 heavy (non-hydrogen) atoms. The van der Waals surface area contributed by atoms with Gasteiger partial charge in [-0.05, 0) is 36.8 Å². The summed E-state index contributed by atoms with van der Waals surface area (Å²) in [6.07, 6.45) is 0. The Morgan fingerprint density at radius 2 is 1.96 bits per heavy atom. The number of non-ortho nitro benzene ring substituents is 1. The van der Waals surface area contributed by atoms with Crippen LogP contribution in [0, 0.1) is 10.1 Å². The molecule has 0 radical (unpaired) electrons. The fourth-order valence-electron chi connectivity index (χ4n) is 2.33. The van der Waals surface area contributed by atoms with Crippen molar-refractivity contribution in [3.05, 3.63) is 64.2 Å². The number of nitro groups is 1. The Hall–Kier alpha value is -2.60. The van der Waals surface area contributed by atoms with Crippen molar-refractivity contribution in [1.82, 2.24) is 0 Å². The van der Waals surface area contributed by atoms with E-state index in [0.29, 0.717) is 6.54 Å². The third kappa shape index (κ3) is 4.43. The molecule has 122 valence electrons. The first-order valence-electron chi connectivity index (χ1n) is 7.44. The largest absolute Gasteiger partial charge is 0.395 e. The topological polar surface area (TPSA) is 78.6 Å². The molecular weight excluding hydrogens is 294 g/mol. The summed E-state index contributed by atoms with van der Waals surface area (Å²) in [7, 11) is 1.92. The zero-order chi connectivity index (χ0) is 16.8. The number of aliphatic hydroxyl groups excluding tert-OH is 1. The molecule has 0 fully saturated rings. The zero-order valence-electron chi connectivity index (χ0n) is 13.3. The molecule has 0 bridgehead atoms. The van der Waals surface area contributed by atoms with Crippen molar-refractivity contribution in [2.24, 2.45) is 0 Å². The molecule has 6 nitrogen and oxygen atoms in total. The maximum absolute atomic E-state index is 10.9. The number of likely N-dealkylation sites (N-methyl/N-ethyl adjacent to an activating group) is 1. The van der Waals surface area contributed by atoms with E-state index in [9.17, 15) is 10.1 Å². The van der Waals surface area contributed by atoms with Gasteiger partial charge in [-0.25, -0.2) is 0 Å². The van der Waals surface area contributed by atoms with E-state index < -0.39 is 0 Å². The average molecular weight is 315 g/mol. The Morgan fingerprint density at radius 1 is 1.26 bits per heavy atom. The van der Waals surface area contributed by atoms with Crippen molar-refractivity contribution in [2.45, 2.75) is 13.0 Å². The number of benzene rings is 2. The number of nitrogens with one attached hydrogen (secondary N) is 1. The van der Waals surface area contributed by atoms with Crippen LogP contribution in [-0.4, -0.2) is 30.2 Å². The Balaban J connectivity index is 2.06. The van der Waals surface area contributed by atoms with Gasteiger partial charge in [0.25, 0.3) is 5.69 Å². The summed E-state index contributed by atoms with van der Waals surface area (Å²) in [4.78, 5) is 12.4. The van der Waals surface area contributed by atoms with Gasteiger partial charge in [-0.3, -0.25) is 10.1 Å². The van der Waals surface area contributed by atoms with Crippen molar-refractivity contribution >= 4 is 17.1 Å². The standard InChI is InChI=1S/C17H21N3O3/c1-13(14-4-3-5-17(12-14)20(22)23)18-15-6-8-16(9-7-15)19(2)10-11-21/h3-9,12-13,18,21H,10-11H2,1-2H3. The summed E-state index contributed by atoms with van der Waals surface area (Å²) in [5.41, 5.74) is 2.91. The van der Waals surface area contributed by atoms with Gasteiger partial charge in [0.1, 0.15) is 0 Å². The molecule has 2 rings (SSSR count). The predicted octanol–water partition coefficient (Wildman–Crippen LogP) is 3.20. The predicted molar refractivity (Wildman–Crippen MR) is 91.9 cm³/mol. The van der Waals surface area contributed by atoms with Crippen LogP contribution in [0.2, 0.25) is 0 Å². The van der Waals surface area contributed by atoms with Crippen LogP contribution in [0.1, 0.15) is 18.5 Å². The lowest BCUT2D eigenvalue weighted by Gasteiger charge is -2.19. The third-order valence-corrected chi connectivity index (χ3v) is 3.71. The van der Waals surface area contributed by atoms with E-state index in [1.165, 1.54) is 6.07 Å². The number of nitrogens with zero attached hydrogens (tertiary/aromatic N) is 2. The van der Waals surface area contributed by atoms with Crippen LogP contribution in [0.5, 0.6) is 0 Å². The molecule has 0 spiro atoms. The first-order chi connectivity index (χ1) is 11.0. The first-order valence-corrected chi connectivity index (χ1v) is 7.44. The van der Waals surface area contributed by atoms with Gasteiger partial charge in [-0.1, -0.05) is 12.1 Å². The Morgan fingerprint density at radius 3 is 2.57 bits per heavy atom. The maximum atomic E-state index is 10.9. The van der Waals surface area contributed by atoms with Gasteiger partial charge in [0.2, 0.25) is 0 Å². The number of anilines is 2. The fourth-order valence-corrected chi connectivity index (χ4v) is 2.33. The Bertz CT molecular complexity index is 658. The summed E-state index contributed by atoms with van der Waals surface area (Å²) in [5, 5.41) is 23.1. The fraction of sp³-hybridized carbons (Fsp3) is 0.294. The van der Waals surface area contributed by atoms with Crippen molar-refractivity contribution in [2.75, 3.05) is 30.4 Å². The number of hydrogen-bond donors (Lipinski definition) is 2. The van der Waals surface area contributed by atoms with Crippen LogP contribution in [0.3, 0.4) is 0 Å². The third-order valence-electron chi connectivity index (χ3n) is 3.71. The van der Waals surface area contributed by atoms with E-state index in [0.717, 1.165) is 16.9 Å². The monoisotopic (exact) mass is 315 g/mol. The lowest BCUT2D eigenvalue weighted by Crippen LogP contribution is -2.20. The van der Waals surface area contributed by atoms with Gasteiger partial charge in [0.15, 0.2) is 0 Å². The van der Waals surface area contributed by atoms with Gasteiger partial charge in [-0.2, -0.15) is 0 Å². The molecule has 6 heteroatoms. The van der Waals surface area contributed by atoms with Gasteiger partial charge < -0.3 is 15.3 Å². The number of hydrogen-bond acceptors (Lipinski definition) is 5. The molecule has 0 aliphatic carbocycles. The van der Waals surface area contributed by atoms with Crippen LogP contribution in [-0.2, 0) is 0 Å². The summed E-state index contributed by atoms with van der Waals surface area (Å²) < 4.78 is 0. The second-order valence-corrected chi connectivity index (χ2v) is 5.41. The molecule has 0 saturated carbocycles. The van der Waals surface area contributed by atoms with E-state index in [1.807, 2.05) is 49.2 Å². The quantitative estimate of drug-likeness (QED) is 0.606. The molecule has 1 atom stereocenters. The first kappa shape index (κ1) is 16.8. The Labute approximate surface area is 135 Å². The minimum Gasteiger partial charge on any atom is -0.395 e. The van der Waals surface area contributed by atoms with Gasteiger partial charge in [0.05, 0.1) is 11.5 Å². The van der Waals surface area contributed by atoms with Gasteiger partial charge >= 0.3 is 0 Å². The molecule has 0 aromatic heterocycles. The van der Waals surface area contributed by atoms with Crippen LogP contribution >= 0.6 is 0 Å². The van der Waals surface area contributed by atoms with E-state index in [4.69, 9.17) is 5.11 Å². The van der Waals surface area contributed by atoms with Crippen LogP contribution < -0.4 is 10.2 Å². The van der Waals surface area contributed by atoms with Crippen LogP contribution in [0.15, 0.2) is 48.5 Å². The highest BCUT2D eigenvalue weighted by atomic mass is 16.6. The molecule has 2 N–H and O–H groups in total. The second kappa shape index (κ2) is 7.60. The molecule has 2 aromatic carbocycles. The van der Waals surface area contributed by atoms with E-state index in [1.54, 1.807) is 12.1 Å². The van der Waals surface area contributed by atoms with Crippen LogP contribution in [0.25, 0.3) is 0 Å². The summed E-state index contributed by atoms with van der Waals surface area (Å²) in [6.45, 7) is 2.65. The lowest BCUT2D eigenvalue weighted by atomic mass is 10.1. The van der Waals surface area contributed by atoms with Crippen molar-refractivity contribution in [3.8, 4) is 0 Å². The lowest BCUT2D eigenvalue weighted by molar-refractivity contribution is -0.384. The Kier molecular flexibility index (Phi) is 5.54. The van der Waals surface area contributed by atoms with E-state index >= 15 is 0 Å². The van der Waals surface area contributed by atoms with Gasteiger partial charge in [0, 0.05) is 43.1 Å². The summed E-state index contributed by atoms with van der Waals surface area (Å²) in [6, 6.07) is 14.4. The van der Waals surface area contributed by atoms with Gasteiger partial charge in [-0.15, -0.1) is 0 Å². The minimum atomic E-state index is -0.387. The highest BCUT2D eigenvalue weighted by molar-refractivity contribution is 5.55. The number of nitro benzene ring substituents is 1. The molecule has 0 aliphatic heterocycles. The minimum absolute atomic E-state index is 0.0454. The molecule has 0 heterocycles. The maximum Gasteiger partial charge on any atom is 0.269 e. The summed E-state index contributed by atoms with van der Waals surface area (Å²) in [5.74, 6) is 0. The molecular formula is C17H21N3O3. The molecule has 2 aromatic rings. The molecule has 0 saturated heterocycles. The summed E-state index contributed by atoms with van der Waals surface area (Å²) >= 11 is 0. The zero-order valence-corrected chi connectivity index (χ0v) is 13.3. The van der Waals surface area contributed by atoms with Crippen molar-refractivity contribution in [3.63, 3.8) is 0 Å². The number of rotatable bonds is 7. The average Bonchev–Trinajstić information content (AvgIpc) is 2.55. The van der Waals surface area contributed by atoms with E-state index in [-0.39, 0.29) is 23.3 Å². The second-order valence-electron chi connectivity index (χ2n) is 5.41. The van der Waals surface area contributed by atoms with Crippen molar-refractivity contribution < 1.29 is 10.0 Å². The molecule has 1 unspecified atom stereocenters. The number of aliphatic hydroxyl groups is 1. The molecule has 0 amide bonds. The van der Waals surface area contributed by atoms with Crippen LogP contribution in [0.4, 0.5) is 17.1 Å². The highest BCUT2D eigenvalue weighted by Gasteiger charge is 2.11. The highest BCUT2D eigenvalue weighted by Crippen LogP contribution is 2.24. The van der Waals surface area contributed by atoms with E-state index in [2.05, 4.69) is 5.32 Å². The molecule has 0 aliphatic rings. The van der Waals surface area contributed by atoms with Crippen molar-refractivity contribution in [1.29, 1.82) is 0 Å². The smallest absolute Gasteiger partial charge is 0.269 e.